The average Bonchev–Trinajstić information content (AvgIpc) is 3.16. The van der Waals surface area contributed by atoms with Gasteiger partial charge in [0.25, 0.3) is 0 Å². The van der Waals surface area contributed by atoms with Crippen molar-refractivity contribution in [2.75, 3.05) is 25.0 Å². The van der Waals surface area contributed by atoms with Crippen LogP contribution in [0.4, 0.5) is 5.69 Å². The predicted molar refractivity (Wildman–Crippen MR) is 102 cm³/mol. The van der Waals surface area contributed by atoms with Crippen LogP contribution in [0.3, 0.4) is 0 Å². The number of anilines is 1. The van der Waals surface area contributed by atoms with E-state index < -0.39 is 6.10 Å². The summed E-state index contributed by atoms with van der Waals surface area (Å²) in [6, 6.07) is 10.1. The van der Waals surface area contributed by atoms with E-state index in [1.807, 2.05) is 18.2 Å². The van der Waals surface area contributed by atoms with Gasteiger partial charge in [0.1, 0.15) is 0 Å². The Morgan fingerprint density at radius 2 is 2.16 bits per heavy atom. The molecule has 1 atom stereocenters. The van der Waals surface area contributed by atoms with E-state index >= 15 is 0 Å². The minimum atomic E-state index is -0.500. The second kappa shape index (κ2) is 7.12. The normalized spacial score (nSPS) is 19.1. The van der Waals surface area contributed by atoms with Crippen LogP contribution in [0.15, 0.2) is 41.8 Å². The molecule has 1 aromatic heterocycles. The number of aliphatic hydroxyl groups is 1. The zero-order valence-corrected chi connectivity index (χ0v) is 14.9. The predicted octanol–water partition coefficient (Wildman–Crippen LogP) is 3.46. The van der Waals surface area contributed by atoms with Crippen LogP contribution in [0.25, 0.3) is 5.57 Å². The number of β-amino-alcohol motifs (C(OH)–C–C–N with tert-alkyl or cyclic N) is 1. The topological polar surface area (TPSA) is 52.6 Å². The molecule has 0 saturated heterocycles. The van der Waals surface area contributed by atoms with Crippen LogP contribution in [0, 0.1) is 0 Å². The Morgan fingerprint density at radius 3 is 2.92 bits per heavy atom. The first-order valence-electron chi connectivity index (χ1n) is 8.75. The molecule has 1 aromatic carbocycles. The summed E-state index contributed by atoms with van der Waals surface area (Å²) >= 11 is 1.79. The number of benzene rings is 1. The molecule has 0 spiro atoms. The number of carbonyl (C=O) groups is 1. The van der Waals surface area contributed by atoms with Crippen LogP contribution in [-0.2, 0) is 11.2 Å². The van der Waals surface area contributed by atoms with E-state index in [0.29, 0.717) is 13.0 Å². The lowest BCUT2D eigenvalue weighted by molar-refractivity contribution is -0.116. The highest BCUT2D eigenvalue weighted by Gasteiger charge is 2.20. The Hall–Kier alpha value is -1.95. The Labute approximate surface area is 151 Å². The summed E-state index contributed by atoms with van der Waals surface area (Å²) in [6.07, 6.45) is 4.08. The summed E-state index contributed by atoms with van der Waals surface area (Å²) in [5.74, 6) is 0.0717. The fourth-order valence-electron chi connectivity index (χ4n) is 3.52. The van der Waals surface area contributed by atoms with Crippen molar-refractivity contribution in [3.05, 3.63) is 57.8 Å². The lowest BCUT2D eigenvalue weighted by Gasteiger charge is -2.28. The van der Waals surface area contributed by atoms with Crippen molar-refractivity contribution >= 4 is 28.5 Å². The van der Waals surface area contributed by atoms with Gasteiger partial charge in [-0.15, -0.1) is 11.3 Å². The van der Waals surface area contributed by atoms with Crippen molar-refractivity contribution in [1.29, 1.82) is 0 Å². The third-order valence-corrected chi connectivity index (χ3v) is 5.92. The zero-order valence-electron chi connectivity index (χ0n) is 14.1. The Balaban J connectivity index is 1.39. The van der Waals surface area contributed by atoms with Crippen LogP contribution in [-0.4, -0.2) is 35.5 Å². The highest BCUT2D eigenvalue weighted by molar-refractivity contribution is 7.11. The first-order chi connectivity index (χ1) is 12.2. The molecule has 1 unspecified atom stereocenters. The Kier molecular flexibility index (Phi) is 4.70. The number of hydrogen-bond acceptors (Lipinski definition) is 4. The maximum absolute atomic E-state index is 11.4. The van der Waals surface area contributed by atoms with Crippen molar-refractivity contribution < 1.29 is 9.90 Å². The van der Waals surface area contributed by atoms with Gasteiger partial charge in [-0.25, -0.2) is 0 Å². The van der Waals surface area contributed by atoms with Crippen LogP contribution in [0.1, 0.15) is 34.9 Å². The van der Waals surface area contributed by atoms with Gasteiger partial charge in [-0.3, -0.25) is 9.69 Å². The summed E-state index contributed by atoms with van der Waals surface area (Å²) in [5.41, 5.74) is 4.36. The second-order valence-electron chi connectivity index (χ2n) is 6.70. The van der Waals surface area contributed by atoms with Crippen LogP contribution >= 0.6 is 11.3 Å². The second-order valence-corrected chi connectivity index (χ2v) is 7.64. The minimum absolute atomic E-state index is 0.0717. The van der Waals surface area contributed by atoms with Gasteiger partial charge in [0.05, 0.1) is 6.10 Å². The molecule has 0 aliphatic carbocycles. The Morgan fingerprint density at radius 1 is 1.24 bits per heavy atom. The van der Waals surface area contributed by atoms with E-state index in [-0.39, 0.29) is 5.91 Å². The van der Waals surface area contributed by atoms with E-state index in [2.05, 4.69) is 33.8 Å². The van der Waals surface area contributed by atoms with Gasteiger partial charge in [-0.1, -0.05) is 24.3 Å². The molecule has 5 heteroatoms. The summed E-state index contributed by atoms with van der Waals surface area (Å²) in [6.45, 7) is 2.49. The monoisotopic (exact) mass is 354 g/mol. The van der Waals surface area contributed by atoms with Crippen LogP contribution in [0.2, 0.25) is 0 Å². The van der Waals surface area contributed by atoms with Crippen LogP contribution in [0.5, 0.6) is 0 Å². The molecule has 2 aliphatic rings. The third kappa shape index (κ3) is 3.68. The number of fused-ring (bicyclic) bond motifs is 1. The molecule has 2 aliphatic heterocycles. The number of rotatable bonds is 4. The number of hydrogen-bond donors (Lipinski definition) is 2. The summed E-state index contributed by atoms with van der Waals surface area (Å²) in [5, 5.41) is 15.6. The van der Waals surface area contributed by atoms with E-state index in [1.165, 1.54) is 10.5 Å². The number of amides is 1. The molecule has 2 N–H and O–H groups in total. The number of aryl methyl sites for hydroxylation is 1. The van der Waals surface area contributed by atoms with Crippen molar-refractivity contribution in [3.8, 4) is 0 Å². The lowest BCUT2D eigenvalue weighted by Crippen LogP contribution is -2.32. The molecule has 1 amide bonds. The molecule has 2 aromatic rings. The standard InChI is InChI=1S/C20H22N2O2S/c23-18(16-3-5-17-15(12-16)4-6-20(24)21-17)13-22-9-7-14(8-10-22)19-2-1-11-25-19/h1-3,5,7,11-12,18,23H,4,6,8-10,13H2,(H,21,24). The van der Waals surface area contributed by atoms with Gasteiger partial charge in [0.15, 0.2) is 0 Å². The zero-order chi connectivity index (χ0) is 17.2. The molecular formula is C20H22N2O2S. The lowest BCUT2D eigenvalue weighted by atomic mass is 9.97. The highest BCUT2D eigenvalue weighted by Crippen LogP contribution is 2.29. The summed E-state index contributed by atoms with van der Waals surface area (Å²) in [4.78, 5) is 15.1. The highest BCUT2D eigenvalue weighted by atomic mass is 32.1. The molecule has 0 radical (unpaired) electrons. The van der Waals surface area contributed by atoms with Gasteiger partial charge in [0, 0.05) is 36.6 Å². The first kappa shape index (κ1) is 16.5. The third-order valence-electron chi connectivity index (χ3n) is 4.97. The Bertz CT molecular complexity index is 798. The molecule has 0 bridgehead atoms. The number of nitrogens with one attached hydrogen (secondary N) is 1. The molecule has 130 valence electrons. The smallest absolute Gasteiger partial charge is 0.224 e. The van der Waals surface area contributed by atoms with Gasteiger partial charge >= 0.3 is 0 Å². The number of carbonyl (C=O) groups excluding carboxylic acids is 1. The van der Waals surface area contributed by atoms with Gasteiger partial charge in [0.2, 0.25) is 5.91 Å². The quantitative estimate of drug-likeness (QED) is 0.884. The fraction of sp³-hybridized carbons (Fsp3) is 0.350. The van der Waals surface area contributed by atoms with Crippen molar-refractivity contribution in [2.45, 2.75) is 25.4 Å². The molecule has 4 nitrogen and oxygen atoms in total. The maximum atomic E-state index is 11.4. The molecule has 0 saturated carbocycles. The number of nitrogens with zero attached hydrogens (tertiary/aromatic N) is 1. The van der Waals surface area contributed by atoms with Crippen molar-refractivity contribution in [2.24, 2.45) is 0 Å². The summed E-state index contributed by atoms with van der Waals surface area (Å²) in [7, 11) is 0. The van der Waals surface area contributed by atoms with Crippen molar-refractivity contribution in [1.82, 2.24) is 4.90 Å². The molecule has 25 heavy (non-hydrogen) atoms. The molecular weight excluding hydrogens is 332 g/mol. The van der Waals surface area contributed by atoms with Gasteiger partial charge in [-0.2, -0.15) is 0 Å². The first-order valence-corrected chi connectivity index (χ1v) is 9.63. The van der Waals surface area contributed by atoms with E-state index in [0.717, 1.165) is 42.7 Å². The SMILES string of the molecule is O=C1CCc2cc(C(O)CN3CC=C(c4cccs4)CC3)ccc2N1. The minimum Gasteiger partial charge on any atom is -0.387 e. The largest absolute Gasteiger partial charge is 0.387 e. The molecule has 0 fully saturated rings. The number of thiophene rings is 1. The number of aliphatic hydroxyl groups excluding tert-OH is 1. The van der Waals surface area contributed by atoms with Crippen molar-refractivity contribution in [3.63, 3.8) is 0 Å². The van der Waals surface area contributed by atoms with Gasteiger partial charge < -0.3 is 10.4 Å². The van der Waals surface area contributed by atoms with Crippen LogP contribution < -0.4 is 5.32 Å². The average molecular weight is 354 g/mol. The summed E-state index contributed by atoms with van der Waals surface area (Å²) < 4.78 is 0. The van der Waals surface area contributed by atoms with E-state index in [9.17, 15) is 9.90 Å². The molecule has 4 rings (SSSR count). The van der Waals surface area contributed by atoms with E-state index in [1.54, 1.807) is 11.3 Å². The maximum Gasteiger partial charge on any atom is 0.224 e. The van der Waals surface area contributed by atoms with Gasteiger partial charge in [-0.05, 0) is 47.1 Å². The van der Waals surface area contributed by atoms with E-state index in [4.69, 9.17) is 0 Å². The fourth-order valence-corrected chi connectivity index (χ4v) is 4.32. The molecule has 3 heterocycles.